The molecule has 0 radical (unpaired) electrons. The number of aryl methyl sites for hydroxylation is 2. The maximum Gasteiger partial charge on any atom is 0.233 e. The van der Waals surface area contributed by atoms with Crippen LogP contribution in [0.1, 0.15) is 61.1 Å². The van der Waals surface area contributed by atoms with E-state index in [1.54, 1.807) is 25.4 Å². The maximum absolute atomic E-state index is 13.8. The zero-order valence-electron chi connectivity index (χ0n) is 26.6. The van der Waals surface area contributed by atoms with Crippen LogP contribution in [0.15, 0.2) is 24.3 Å². The number of hydrogen-bond donors (Lipinski definition) is 1. The molecule has 6 rings (SSSR count). The molecular formula is C34H49N5O2S. The predicted octanol–water partition coefficient (Wildman–Crippen LogP) is 5.44. The van der Waals surface area contributed by atoms with E-state index in [1.807, 2.05) is 0 Å². The van der Waals surface area contributed by atoms with Crippen molar-refractivity contribution in [3.8, 4) is 11.3 Å². The van der Waals surface area contributed by atoms with Gasteiger partial charge in [0.25, 0.3) is 0 Å². The first kappa shape index (κ1) is 30.8. The van der Waals surface area contributed by atoms with Crippen molar-refractivity contribution >= 4 is 33.9 Å². The van der Waals surface area contributed by atoms with Crippen molar-refractivity contribution in [2.45, 2.75) is 77.3 Å². The lowest BCUT2D eigenvalue weighted by Crippen LogP contribution is -2.45. The average molecular weight is 592 g/mol. The Kier molecular flexibility index (Phi) is 9.16. The summed E-state index contributed by atoms with van der Waals surface area (Å²) < 4.78 is 0. The van der Waals surface area contributed by atoms with Gasteiger partial charge in [-0.2, -0.15) is 0 Å². The van der Waals surface area contributed by atoms with Crippen LogP contribution in [0, 0.1) is 13.8 Å². The molecule has 0 spiro atoms. The summed E-state index contributed by atoms with van der Waals surface area (Å²) in [6.45, 7) is 14.3. The standard InChI is InChI=1S/C31H42N4OS.C3H7NO/c1-20-16-21(2)18-22(17-20)28-25(10-11-34-14-12-33(5)13-15-34)26-19-27(37-29(26)32-28)31(3,4)30(36)35-23-6-7-24(35)9-8-23;1-4(2)3-5/h16-19,23-24,32H,6-15H2,1-5H3;3H,1-2H3. The summed E-state index contributed by atoms with van der Waals surface area (Å²) in [5.74, 6) is 0.329. The first-order valence-electron chi connectivity index (χ1n) is 15.6. The normalized spacial score (nSPS) is 21.1. The average Bonchev–Trinajstić information content (AvgIpc) is 3.72. The number of carbonyl (C=O) groups excluding carboxylic acids is 2. The molecule has 0 unspecified atom stereocenters. The molecule has 8 heteroatoms. The fourth-order valence-corrected chi connectivity index (χ4v) is 8.16. The third-order valence-corrected chi connectivity index (χ3v) is 10.8. The SMILES string of the molecule is CN(C)C=O.Cc1cc(C)cc(-c2[nH]c3sc(C(C)(C)C(=O)N4C5CCC4CC5)cc3c2CCN2CCN(C)CC2)c1. The fraction of sp³-hybridized carbons (Fsp3) is 0.588. The smallest absolute Gasteiger partial charge is 0.233 e. The minimum absolute atomic E-state index is 0.329. The minimum Gasteiger partial charge on any atom is -0.351 e. The molecular weight excluding hydrogens is 542 g/mol. The van der Waals surface area contributed by atoms with Gasteiger partial charge >= 0.3 is 0 Å². The van der Waals surface area contributed by atoms with Gasteiger partial charge in [-0.25, -0.2) is 0 Å². The topological polar surface area (TPSA) is 62.9 Å². The number of H-pyrrole nitrogens is 1. The van der Waals surface area contributed by atoms with Gasteiger partial charge in [-0.15, -0.1) is 11.3 Å². The van der Waals surface area contributed by atoms with E-state index < -0.39 is 5.41 Å². The van der Waals surface area contributed by atoms with Gasteiger partial charge in [0.1, 0.15) is 4.83 Å². The van der Waals surface area contributed by atoms with Crippen LogP contribution in [0.5, 0.6) is 0 Å². The Hall–Kier alpha value is -2.68. The zero-order chi connectivity index (χ0) is 30.2. The van der Waals surface area contributed by atoms with Crippen LogP contribution in [0.2, 0.25) is 0 Å². The second-order valence-electron chi connectivity index (χ2n) is 13.5. The molecule has 1 aromatic carbocycles. The molecule has 5 heterocycles. The summed E-state index contributed by atoms with van der Waals surface area (Å²) in [5.41, 5.74) is 6.04. The molecule has 3 aliphatic heterocycles. The number of nitrogens with zero attached hydrogens (tertiary/aromatic N) is 4. The molecule has 0 saturated carbocycles. The Morgan fingerprint density at radius 1 is 1.00 bits per heavy atom. The number of carbonyl (C=O) groups is 2. The largest absolute Gasteiger partial charge is 0.351 e. The third-order valence-electron chi connectivity index (χ3n) is 9.43. The van der Waals surface area contributed by atoms with E-state index in [9.17, 15) is 9.59 Å². The molecule has 228 valence electrons. The Balaban J connectivity index is 0.000000652. The van der Waals surface area contributed by atoms with Crippen LogP contribution in [0.4, 0.5) is 0 Å². The summed E-state index contributed by atoms with van der Waals surface area (Å²) in [6, 6.07) is 10.1. The highest BCUT2D eigenvalue weighted by molar-refractivity contribution is 7.19. The van der Waals surface area contributed by atoms with E-state index in [0.29, 0.717) is 18.0 Å². The summed E-state index contributed by atoms with van der Waals surface area (Å²) in [5, 5.41) is 1.31. The number of thiophene rings is 1. The van der Waals surface area contributed by atoms with Crippen LogP contribution < -0.4 is 0 Å². The van der Waals surface area contributed by atoms with Crippen molar-refractivity contribution in [3.63, 3.8) is 0 Å². The van der Waals surface area contributed by atoms with E-state index in [-0.39, 0.29) is 0 Å². The summed E-state index contributed by atoms with van der Waals surface area (Å²) in [7, 11) is 5.59. The number of piperazine rings is 1. The second-order valence-corrected chi connectivity index (χ2v) is 14.5. The lowest BCUT2D eigenvalue weighted by Gasteiger charge is -2.32. The molecule has 42 heavy (non-hydrogen) atoms. The van der Waals surface area contributed by atoms with Gasteiger partial charge in [0.05, 0.1) is 11.1 Å². The van der Waals surface area contributed by atoms with Crippen LogP contribution in [0.3, 0.4) is 0 Å². The van der Waals surface area contributed by atoms with Crippen molar-refractivity contribution < 1.29 is 9.59 Å². The highest BCUT2D eigenvalue weighted by atomic mass is 32.1. The van der Waals surface area contributed by atoms with Crippen LogP contribution in [-0.4, -0.2) is 103 Å². The number of amides is 2. The molecule has 0 aliphatic carbocycles. The van der Waals surface area contributed by atoms with Gasteiger partial charge in [0.2, 0.25) is 12.3 Å². The lowest BCUT2D eigenvalue weighted by molar-refractivity contribution is -0.137. The number of hydrogen-bond acceptors (Lipinski definition) is 5. The molecule has 7 nitrogen and oxygen atoms in total. The first-order chi connectivity index (χ1) is 20.0. The van der Waals surface area contributed by atoms with Crippen molar-refractivity contribution in [2.24, 2.45) is 0 Å². The Labute approximate surface area is 255 Å². The number of aromatic amines is 1. The minimum atomic E-state index is -0.496. The molecule has 3 aromatic rings. The fourth-order valence-electron chi connectivity index (χ4n) is 6.98. The summed E-state index contributed by atoms with van der Waals surface area (Å²) in [6.07, 6.45) is 6.52. The number of fused-ring (bicyclic) bond motifs is 3. The molecule has 3 saturated heterocycles. The third kappa shape index (κ3) is 6.31. The molecule has 1 N–H and O–H groups in total. The number of benzene rings is 1. The van der Waals surface area contributed by atoms with E-state index in [2.05, 4.69) is 78.7 Å². The van der Waals surface area contributed by atoms with Crippen LogP contribution in [-0.2, 0) is 21.4 Å². The Morgan fingerprint density at radius 3 is 2.12 bits per heavy atom. The molecule has 2 aromatic heterocycles. The van der Waals surface area contributed by atoms with E-state index in [4.69, 9.17) is 0 Å². The molecule has 0 atom stereocenters. The van der Waals surface area contributed by atoms with Gasteiger partial charge in [0, 0.05) is 69.2 Å². The van der Waals surface area contributed by atoms with Gasteiger partial charge in [-0.3, -0.25) is 9.59 Å². The van der Waals surface area contributed by atoms with Crippen molar-refractivity contribution in [3.05, 3.63) is 45.8 Å². The van der Waals surface area contributed by atoms with Crippen molar-refractivity contribution in [1.82, 2.24) is 24.6 Å². The van der Waals surface area contributed by atoms with Crippen molar-refractivity contribution in [2.75, 3.05) is 53.9 Å². The van der Waals surface area contributed by atoms with E-state index >= 15 is 0 Å². The maximum atomic E-state index is 13.8. The highest BCUT2D eigenvalue weighted by Crippen LogP contribution is 2.44. The van der Waals surface area contributed by atoms with Crippen molar-refractivity contribution in [1.29, 1.82) is 0 Å². The monoisotopic (exact) mass is 591 g/mol. The van der Waals surface area contributed by atoms with Crippen LogP contribution in [0.25, 0.3) is 21.5 Å². The van der Waals surface area contributed by atoms with E-state index in [1.165, 1.54) is 73.6 Å². The van der Waals surface area contributed by atoms with Gasteiger partial charge in [0.15, 0.2) is 0 Å². The molecule has 3 aliphatic rings. The summed E-state index contributed by atoms with van der Waals surface area (Å²) in [4.78, 5) is 38.2. The number of aromatic nitrogens is 1. The summed E-state index contributed by atoms with van der Waals surface area (Å²) >= 11 is 1.79. The molecule has 3 fully saturated rings. The zero-order valence-corrected chi connectivity index (χ0v) is 27.4. The predicted molar refractivity (Wildman–Crippen MR) is 174 cm³/mol. The number of nitrogens with one attached hydrogen (secondary N) is 1. The van der Waals surface area contributed by atoms with Gasteiger partial charge in [-0.05, 0) is 96.2 Å². The molecule has 2 amide bonds. The Morgan fingerprint density at radius 2 is 1.57 bits per heavy atom. The van der Waals surface area contributed by atoms with E-state index in [0.717, 1.165) is 45.6 Å². The number of rotatable bonds is 7. The van der Waals surface area contributed by atoms with Gasteiger partial charge < -0.3 is 24.6 Å². The van der Waals surface area contributed by atoms with Crippen LogP contribution >= 0.6 is 11.3 Å². The quantitative estimate of drug-likeness (QED) is 0.372. The number of likely N-dealkylation sites (N-methyl/N-ethyl adjacent to an activating group) is 1. The molecule has 2 bridgehead atoms. The van der Waals surface area contributed by atoms with Gasteiger partial charge in [-0.1, -0.05) is 17.2 Å². The lowest BCUT2D eigenvalue weighted by atomic mass is 9.88. The second kappa shape index (κ2) is 12.5. The first-order valence-corrected chi connectivity index (χ1v) is 16.4. The Bertz CT molecular complexity index is 1370. The highest BCUT2D eigenvalue weighted by Gasteiger charge is 2.47.